The second-order valence-electron chi connectivity index (χ2n) is 1.10. The van der Waals surface area contributed by atoms with Crippen LogP contribution in [0.15, 0.2) is 11.9 Å². The minimum Gasteiger partial charge on any atom is -0.383 e. The standard InChI is InChI=1S/C3H6N3/c4-3-1-2-5-6-3/h1,5H,2,4H2. The van der Waals surface area contributed by atoms with Crippen molar-refractivity contribution in [2.24, 2.45) is 5.73 Å². The van der Waals surface area contributed by atoms with Gasteiger partial charge in [0.05, 0.1) is 0 Å². The third kappa shape index (κ3) is 0.440. The average molecular weight is 84.1 g/mol. The monoisotopic (exact) mass is 84.1 g/mol. The summed E-state index contributed by atoms with van der Waals surface area (Å²) in [5.41, 5.74) is 11.5. The van der Waals surface area contributed by atoms with Gasteiger partial charge in [-0.2, -0.15) is 5.43 Å². The third-order valence-corrected chi connectivity index (χ3v) is 0.611. The maximum atomic E-state index is 5.17. The Morgan fingerprint density at radius 1 is 2.00 bits per heavy atom. The van der Waals surface area contributed by atoms with E-state index in [2.05, 4.69) is 10.9 Å². The van der Waals surface area contributed by atoms with Crippen LogP contribution in [0, 0.1) is 0 Å². The first-order valence-electron chi connectivity index (χ1n) is 1.79. The molecule has 3 nitrogen and oxygen atoms in total. The lowest BCUT2D eigenvalue weighted by atomic mass is 10.6. The van der Waals surface area contributed by atoms with Crippen LogP contribution in [0.4, 0.5) is 0 Å². The topological polar surface area (TPSA) is 52.1 Å². The summed E-state index contributed by atoms with van der Waals surface area (Å²) in [6.07, 6.45) is 1.82. The van der Waals surface area contributed by atoms with Gasteiger partial charge < -0.3 is 5.73 Å². The van der Waals surface area contributed by atoms with Gasteiger partial charge in [0.1, 0.15) is 5.82 Å². The van der Waals surface area contributed by atoms with E-state index >= 15 is 0 Å². The van der Waals surface area contributed by atoms with Crippen molar-refractivity contribution < 1.29 is 0 Å². The van der Waals surface area contributed by atoms with Gasteiger partial charge in [0.15, 0.2) is 0 Å². The first-order valence-corrected chi connectivity index (χ1v) is 1.79. The van der Waals surface area contributed by atoms with Crippen LogP contribution in [0.25, 0.3) is 0 Å². The molecule has 3 N–H and O–H groups in total. The zero-order valence-electron chi connectivity index (χ0n) is 3.31. The fourth-order valence-corrected chi connectivity index (χ4v) is 0.333. The number of hydrogen-bond donors (Lipinski definition) is 2. The molecule has 1 aliphatic heterocycles. The van der Waals surface area contributed by atoms with Gasteiger partial charge in [0.25, 0.3) is 0 Å². The maximum absolute atomic E-state index is 5.17. The summed E-state index contributed by atoms with van der Waals surface area (Å²) in [7, 11) is 0. The van der Waals surface area contributed by atoms with Crippen LogP contribution in [-0.2, 0) is 0 Å². The second-order valence-corrected chi connectivity index (χ2v) is 1.10. The van der Waals surface area contributed by atoms with Gasteiger partial charge in [-0.15, -0.1) is 0 Å². The van der Waals surface area contributed by atoms with Crippen LogP contribution >= 0.6 is 0 Å². The van der Waals surface area contributed by atoms with Crippen LogP contribution in [0.1, 0.15) is 0 Å². The van der Waals surface area contributed by atoms with Gasteiger partial charge in [0.2, 0.25) is 0 Å². The summed E-state index contributed by atoms with van der Waals surface area (Å²) in [4.78, 5) is 0. The molecule has 1 radical (unpaired) electrons. The molecule has 0 spiro atoms. The summed E-state index contributed by atoms with van der Waals surface area (Å²) in [6.45, 7) is 0.784. The first kappa shape index (κ1) is 3.49. The van der Waals surface area contributed by atoms with Crippen LogP contribution < -0.4 is 16.6 Å². The molecule has 1 heterocycles. The Labute approximate surface area is 36.2 Å². The normalized spacial score (nSPS) is 19.7. The van der Waals surface area contributed by atoms with E-state index in [0.29, 0.717) is 5.82 Å². The van der Waals surface area contributed by atoms with E-state index in [-0.39, 0.29) is 0 Å². The number of nitrogens with one attached hydrogen (secondary N) is 1. The van der Waals surface area contributed by atoms with Gasteiger partial charge in [-0.05, 0) is 6.08 Å². The molecule has 0 aliphatic carbocycles. The Bertz CT molecular complexity index is 76.1. The Hall–Kier alpha value is -0.700. The fraction of sp³-hybridized carbons (Fsp3) is 0.333. The second kappa shape index (κ2) is 1.18. The predicted octanol–water partition coefficient (Wildman–Crippen LogP) is -1.09. The summed E-state index contributed by atoms with van der Waals surface area (Å²) in [5, 5.41) is 0. The van der Waals surface area contributed by atoms with Crippen molar-refractivity contribution >= 4 is 0 Å². The Morgan fingerprint density at radius 3 is 3.00 bits per heavy atom. The molecule has 33 valence electrons. The van der Waals surface area contributed by atoms with Crippen molar-refractivity contribution in [2.45, 2.75) is 0 Å². The fourth-order valence-electron chi connectivity index (χ4n) is 0.333. The number of nitrogens with zero attached hydrogens (tertiary/aromatic N) is 1. The Morgan fingerprint density at radius 2 is 2.83 bits per heavy atom. The van der Waals surface area contributed by atoms with E-state index < -0.39 is 0 Å². The van der Waals surface area contributed by atoms with Crippen LogP contribution in [0.5, 0.6) is 0 Å². The number of nitrogens with two attached hydrogens (primary N) is 1. The molecular weight excluding hydrogens is 78.1 g/mol. The number of rotatable bonds is 0. The van der Waals surface area contributed by atoms with Gasteiger partial charge in [-0.25, -0.2) is 5.43 Å². The van der Waals surface area contributed by atoms with Gasteiger partial charge >= 0.3 is 0 Å². The van der Waals surface area contributed by atoms with Crippen LogP contribution in [0.2, 0.25) is 0 Å². The van der Waals surface area contributed by atoms with Crippen LogP contribution in [0.3, 0.4) is 0 Å². The smallest absolute Gasteiger partial charge is 0.134 e. The molecule has 1 rings (SSSR count). The van der Waals surface area contributed by atoms with Crippen molar-refractivity contribution in [2.75, 3.05) is 6.54 Å². The molecule has 0 bridgehead atoms. The van der Waals surface area contributed by atoms with E-state index in [1.807, 2.05) is 6.08 Å². The molecule has 0 aromatic heterocycles. The molecule has 0 atom stereocenters. The number of hydrogen-bond acceptors (Lipinski definition) is 2. The van der Waals surface area contributed by atoms with Crippen molar-refractivity contribution in [1.82, 2.24) is 10.9 Å². The quantitative estimate of drug-likeness (QED) is 0.392. The molecule has 0 aromatic carbocycles. The van der Waals surface area contributed by atoms with Gasteiger partial charge in [-0.3, -0.25) is 0 Å². The summed E-state index contributed by atoms with van der Waals surface area (Å²) in [6, 6.07) is 0. The van der Waals surface area contributed by atoms with Crippen molar-refractivity contribution in [1.29, 1.82) is 0 Å². The lowest BCUT2D eigenvalue weighted by molar-refractivity contribution is 0.680. The van der Waals surface area contributed by atoms with Crippen molar-refractivity contribution in [3.63, 3.8) is 0 Å². The van der Waals surface area contributed by atoms with Crippen molar-refractivity contribution in [3.05, 3.63) is 11.9 Å². The van der Waals surface area contributed by atoms with Gasteiger partial charge in [0, 0.05) is 6.54 Å². The molecule has 0 aromatic rings. The zero-order chi connectivity index (χ0) is 4.41. The lowest BCUT2D eigenvalue weighted by Gasteiger charge is -1.85. The Kier molecular flexibility index (Phi) is 0.686. The highest BCUT2D eigenvalue weighted by molar-refractivity contribution is 4.98. The third-order valence-electron chi connectivity index (χ3n) is 0.611. The van der Waals surface area contributed by atoms with Crippen LogP contribution in [-0.4, -0.2) is 6.54 Å². The van der Waals surface area contributed by atoms with Crippen molar-refractivity contribution in [3.8, 4) is 0 Å². The molecule has 0 saturated carbocycles. The predicted molar refractivity (Wildman–Crippen MR) is 22.4 cm³/mol. The van der Waals surface area contributed by atoms with E-state index in [1.54, 1.807) is 0 Å². The molecule has 3 heteroatoms. The SMILES string of the molecule is NC1=CCN[N]1. The summed E-state index contributed by atoms with van der Waals surface area (Å²) in [5.74, 6) is 0.593. The lowest BCUT2D eigenvalue weighted by Crippen LogP contribution is -2.18. The molecule has 6 heavy (non-hydrogen) atoms. The molecule has 0 unspecified atom stereocenters. The van der Waals surface area contributed by atoms with Gasteiger partial charge in [-0.1, -0.05) is 0 Å². The average Bonchev–Trinajstić information content (AvgIpc) is 1.86. The zero-order valence-corrected chi connectivity index (χ0v) is 3.31. The molecule has 0 fully saturated rings. The summed E-state index contributed by atoms with van der Waals surface area (Å²) >= 11 is 0. The highest BCUT2D eigenvalue weighted by Crippen LogP contribution is 1.80. The maximum Gasteiger partial charge on any atom is 0.134 e. The first-order chi connectivity index (χ1) is 2.89. The van der Waals surface area contributed by atoms with E-state index in [9.17, 15) is 0 Å². The highest BCUT2D eigenvalue weighted by atomic mass is 15.4. The summed E-state index contributed by atoms with van der Waals surface area (Å²) < 4.78 is 0. The Balaban J connectivity index is 2.45. The largest absolute Gasteiger partial charge is 0.383 e. The van der Waals surface area contributed by atoms with E-state index in [4.69, 9.17) is 5.73 Å². The minimum atomic E-state index is 0.593. The molecular formula is C3H6N3. The van der Waals surface area contributed by atoms with E-state index in [1.165, 1.54) is 0 Å². The molecule has 0 saturated heterocycles. The minimum absolute atomic E-state index is 0.593. The highest BCUT2D eigenvalue weighted by Gasteiger charge is 1.94. The molecule has 0 amide bonds. The van der Waals surface area contributed by atoms with E-state index in [0.717, 1.165) is 6.54 Å². The molecule has 1 aliphatic rings.